The van der Waals surface area contributed by atoms with Crippen LogP contribution in [-0.2, 0) is 17.9 Å². The molecule has 1 aromatic rings. The summed E-state index contributed by atoms with van der Waals surface area (Å²) in [6.07, 6.45) is 8.26. The Bertz CT molecular complexity index is 470. The molecule has 0 spiro atoms. The van der Waals surface area contributed by atoms with Gasteiger partial charge in [0.05, 0.1) is 18.8 Å². The molecule has 2 N–H and O–H groups in total. The summed E-state index contributed by atoms with van der Waals surface area (Å²) in [6, 6.07) is 2.07. The maximum atomic E-state index is 6.47. The zero-order valence-corrected chi connectivity index (χ0v) is 12.4. The number of ether oxygens (including phenoxy) is 1. The molecule has 4 aliphatic carbocycles. The summed E-state index contributed by atoms with van der Waals surface area (Å²) in [4.78, 5) is 0. The molecule has 0 aromatic carbocycles. The van der Waals surface area contributed by atoms with Gasteiger partial charge in [0.15, 0.2) is 0 Å². The topological polar surface area (TPSA) is 48.4 Å². The third-order valence-electron chi connectivity index (χ3n) is 5.79. The first-order chi connectivity index (χ1) is 9.66. The molecule has 4 aliphatic rings. The Kier molecular flexibility index (Phi) is 2.97. The monoisotopic (exact) mass is 275 g/mol. The fraction of sp³-hybridized carbons (Fsp3) is 0.765. The molecule has 4 saturated carbocycles. The average molecular weight is 275 g/mol. The van der Waals surface area contributed by atoms with E-state index in [1.54, 1.807) is 0 Å². The van der Waals surface area contributed by atoms with Crippen LogP contribution in [0.25, 0.3) is 0 Å². The molecule has 110 valence electrons. The van der Waals surface area contributed by atoms with Crippen LogP contribution in [0.15, 0.2) is 10.5 Å². The first kappa shape index (κ1) is 12.9. The molecule has 20 heavy (non-hydrogen) atoms. The fourth-order valence-corrected chi connectivity index (χ4v) is 5.27. The Morgan fingerprint density at radius 2 is 1.80 bits per heavy atom. The van der Waals surface area contributed by atoms with Crippen LogP contribution in [0, 0.1) is 24.7 Å². The Labute approximate surface area is 120 Å². The van der Waals surface area contributed by atoms with Crippen LogP contribution in [0.2, 0.25) is 0 Å². The summed E-state index contributed by atoms with van der Waals surface area (Å²) in [6.45, 7) is 3.18. The number of hydrogen-bond acceptors (Lipinski definition) is 3. The smallest absolute Gasteiger partial charge is 0.118 e. The van der Waals surface area contributed by atoms with Crippen molar-refractivity contribution in [3.05, 3.63) is 23.2 Å². The molecule has 3 heteroatoms. The summed E-state index contributed by atoms with van der Waals surface area (Å²) in [5.74, 6) is 4.64. The number of furan rings is 1. The lowest BCUT2D eigenvalue weighted by Crippen LogP contribution is -2.51. The second-order valence-electron chi connectivity index (χ2n) is 7.39. The highest BCUT2D eigenvalue weighted by Gasteiger charge is 2.51. The number of nitrogens with two attached hydrogens (primary N) is 1. The molecule has 1 heterocycles. The van der Waals surface area contributed by atoms with E-state index in [0.29, 0.717) is 13.2 Å². The van der Waals surface area contributed by atoms with Crippen molar-refractivity contribution >= 4 is 0 Å². The second kappa shape index (κ2) is 4.60. The van der Waals surface area contributed by atoms with Gasteiger partial charge in [0, 0.05) is 5.56 Å². The van der Waals surface area contributed by atoms with Crippen molar-refractivity contribution in [3.63, 3.8) is 0 Å². The zero-order valence-electron chi connectivity index (χ0n) is 12.4. The van der Waals surface area contributed by atoms with Gasteiger partial charge in [-0.1, -0.05) is 0 Å². The summed E-state index contributed by atoms with van der Waals surface area (Å²) in [5, 5.41) is 0. The molecule has 0 amide bonds. The zero-order chi connectivity index (χ0) is 13.7. The third kappa shape index (κ3) is 2.11. The molecule has 5 rings (SSSR count). The van der Waals surface area contributed by atoms with Gasteiger partial charge in [-0.05, 0) is 69.3 Å². The third-order valence-corrected chi connectivity index (χ3v) is 5.79. The molecule has 0 radical (unpaired) electrons. The van der Waals surface area contributed by atoms with Crippen molar-refractivity contribution in [2.45, 2.75) is 64.2 Å². The van der Waals surface area contributed by atoms with Crippen LogP contribution < -0.4 is 5.73 Å². The predicted molar refractivity (Wildman–Crippen MR) is 77.0 cm³/mol. The van der Waals surface area contributed by atoms with E-state index >= 15 is 0 Å². The van der Waals surface area contributed by atoms with E-state index in [-0.39, 0.29) is 5.60 Å². The van der Waals surface area contributed by atoms with Gasteiger partial charge >= 0.3 is 0 Å². The lowest BCUT2D eigenvalue weighted by Gasteiger charge is -2.56. The van der Waals surface area contributed by atoms with E-state index in [0.717, 1.165) is 29.3 Å². The Morgan fingerprint density at radius 1 is 1.20 bits per heavy atom. The van der Waals surface area contributed by atoms with Gasteiger partial charge < -0.3 is 14.9 Å². The Hall–Kier alpha value is -0.800. The van der Waals surface area contributed by atoms with Crippen molar-refractivity contribution < 1.29 is 9.15 Å². The van der Waals surface area contributed by atoms with Crippen LogP contribution in [-0.4, -0.2) is 5.60 Å². The minimum absolute atomic E-state index is 0.182. The molecule has 0 saturated heterocycles. The van der Waals surface area contributed by atoms with Gasteiger partial charge in [0.25, 0.3) is 0 Å². The SMILES string of the molecule is Cc1oc(CN)cc1COC12CC3CC(CC(C3)C1)C2. The molecular formula is C17H25NO2. The van der Waals surface area contributed by atoms with Crippen LogP contribution in [0.1, 0.15) is 55.6 Å². The standard InChI is InChI=1S/C17H25NO2/c1-11-15(5-16(9-18)20-11)10-19-17-6-12-2-13(7-17)4-14(3-12)8-17/h5,12-14H,2-4,6-10,18H2,1H3. The number of hydrogen-bond donors (Lipinski definition) is 1. The highest BCUT2D eigenvalue weighted by atomic mass is 16.5. The minimum atomic E-state index is 0.182. The molecular weight excluding hydrogens is 250 g/mol. The number of rotatable bonds is 4. The number of aryl methyl sites for hydroxylation is 1. The van der Waals surface area contributed by atoms with E-state index in [2.05, 4.69) is 6.07 Å². The average Bonchev–Trinajstić information content (AvgIpc) is 2.76. The summed E-state index contributed by atoms with van der Waals surface area (Å²) >= 11 is 0. The first-order valence-electron chi connectivity index (χ1n) is 8.08. The summed E-state index contributed by atoms with van der Waals surface area (Å²) in [5.41, 5.74) is 7.00. The first-order valence-corrected chi connectivity index (χ1v) is 8.08. The Morgan fingerprint density at radius 3 is 2.30 bits per heavy atom. The maximum Gasteiger partial charge on any atom is 0.118 e. The van der Waals surface area contributed by atoms with Gasteiger partial charge in [-0.25, -0.2) is 0 Å². The van der Waals surface area contributed by atoms with Crippen molar-refractivity contribution in [3.8, 4) is 0 Å². The molecule has 1 aromatic heterocycles. The van der Waals surface area contributed by atoms with E-state index < -0.39 is 0 Å². The van der Waals surface area contributed by atoms with E-state index in [1.165, 1.54) is 44.1 Å². The minimum Gasteiger partial charge on any atom is -0.465 e. The van der Waals surface area contributed by atoms with Gasteiger partial charge in [0.1, 0.15) is 11.5 Å². The van der Waals surface area contributed by atoms with Crippen molar-refractivity contribution in [1.82, 2.24) is 0 Å². The fourth-order valence-electron chi connectivity index (χ4n) is 5.27. The normalized spacial score (nSPS) is 38.6. The van der Waals surface area contributed by atoms with E-state index in [9.17, 15) is 0 Å². The molecule has 0 atom stereocenters. The highest BCUT2D eigenvalue weighted by molar-refractivity contribution is 5.20. The maximum absolute atomic E-state index is 6.47. The van der Waals surface area contributed by atoms with E-state index in [1.807, 2.05) is 6.92 Å². The van der Waals surface area contributed by atoms with Crippen LogP contribution >= 0.6 is 0 Å². The van der Waals surface area contributed by atoms with Crippen molar-refractivity contribution in [1.29, 1.82) is 0 Å². The summed E-state index contributed by atoms with van der Waals surface area (Å²) < 4.78 is 12.1. The largest absolute Gasteiger partial charge is 0.465 e. The highest BCUT2D eigenvalue weighted by Crippen LogP contribution is 2.57. The quantitative estimate of drug-likeness (QED) is 0.914. The van der Waals surface area contributed by atoms with Gasteiger partial charge in [-0.15, -0.1) is 0 Å². The predicted octanol–water partition coefficient (Wildman–Crippen LogP) is 3.53. The second-order valence-corrected chi connectivity index (χ2v) is 7.39. The molecule has 4 bridgehead atoms. The lowest BCUT2D eigenvalue weighted by atomic mass is 9.54. The van der Waals surface area contributed by atoms with Gasteiger partial charge in [0.2, 0.25) is 0 Å². The lowest BCUT2D eigenvalue weighted by molar-refractivity contribution is -0.168. The van der Waals surface area contributed by atoms with Crippen molar-refractivity contribution in [2.24, 2.45) is 23.5 Å². The van der Waals surface area contributed by atoms with Crippen LogP contribution in [0.5, 0.6) is 0 Å². The molecule has 4 fully saturated rings. The van der Waals surface area contributed by atoms with Crippen molar-refractivity contribution in [2.75, 3.05) is 0 Å². The Balaban J connectivity index is 1.47. The molecule has 3 nitrogen and oxygen atoms in total. The van der Waals surface area contributed by atoms with Gasteiger partial charge in [-0.2, -0.15) is 0 Å². The van der Waals surface area contributed by atoms with E-state index in [4.69, 9.17) is 14.9 Å². The molecule has 0 unspecified atom stereocenters. The molecule has 0 aliphatic heterocycles. The van der Waals surface area contributed by atoms with Crippen LogP contribution in [0.4, 0.5) is 0 Å². The summed E-state index contributed by atoms with van der Waals surface area (Å²) in [7, 11) is 0. The van der Waals surface area contributed by atoms with Gasteiger partial charge in [-0.3, -0.25) is 0 Å². The van der Waals surface area contributed by atoms with Crippen LogP contribution in [0.3, 0.4) is 0 Å².